The van der Waals surface area contributed by atoms with Crippen LogP contribution in [0.15, 0.2) is 9.90 Å². The Balaban J connectivity index is 1.90. The smallest absolute Gasteiger partial charge is 0.271 e. The monoisotopic (exact) mass is 267 g/mol. The summed E-state index contributed by atoms with van der Waals surface area (Å²) in [4.78, 5) is 19.9. The third-order valence-electron chi connectivity index (χ3n) is 2.12. The Bertz CT molecular complexity index is 536. The molecule has 0 saturated heterocycles. The molecular formula is C10H13N5O2S. The molecule has 7 nitrogen and oxygen atoms in total. The van der Waals surface area contributed by atoms with Gasteiger partial charge in [0.15, 0.2) is 5.82 Å². The molecule has 0 aliphatic carbocycles. The first-order valence-corrected chi connectivity index (χ1v) is 6.29. The number of thiazole rings is 1. The molecule has 0 spiro atoms. The molecule has 0 fully saturated rings. The molecule has 2 aromatic heterocycles. The summed E-state index contributed by atoms with van der Waals surface area (Å²) in [6.07, 6.45) is 0.683. The molecule has 0 unspecified atom stereocenters. The number of aromatic nitrogens is 3. The summed E-state index contributed by atoms with van der Waals surface area (Å²) < 4.78 is 4.80. The minimum absolute atomic E-state index is 0.222. The van der Waals surface area contributed by atoms with Gasteiger partial charge in [-0.2, -0.15) is 4.98 Å². The molecule has 0 aromatic carbocycles. The molecule has 0 aliphatic rings. The van der Waals surface area contributed by atoms with Crippen LogP contribution in [0, 0.1) is 6.92 Å². The van der Waals surface area contributed by atoms with Crippen molar-refractivity contribution < 1.29 is 9.32 Å². The van der Waals surface area contributed by atoms with E-state index in [1.54, 1.807) is 12.3 Å². The largest absolute Gasteiger partial charge is 0.343 e. The van der Waals surface area contributed by atoms with Crippen LogP contribution in [0.5, 0.6) is 0 Å². The lowest BCUT2D eigenvalue weighted by molar-refractivity contribution is 0.0945. The normalized spacial score (nSPS) is 10.6. The third-order valence-corrected chi connectivity index (χ3v) is 3.03. The maximum Gasteiger partial charge on any atom is 0.271 e. The molecule has 0 atom stereocenters. The zero-order valence-corrected chi connectivity index (χ0v) is 10.7. The van der Waals surface area contributed by atoms with Gasteiger partial charge in [0.2, 0.25) is 5.89 Å². The molecule has 18 heavy (non-hydrogen) atoms. The highest BCUT2D eigenvalue weighted by Gasteiger charge is 2.11. The van der Waals surface area contributed by atoms with E-state index >= 15 is 0 Å². The predicted molar refractivity (Wildman–Crippen MR) is 65.1 cm³/mol. The van der Waals surface area contributed by atoms with Crippen molar-refractivity contribution in [3.05, 3.63) is 27.8 Å². The topological polar surface area (TPSA) is 107 Å². The molecule has 1 amide bonds. The van der Waals surface area contributed by atoms with E-state index < -0.39 is 0 Å². The Morgan fingerprint density at radius 2 is 2.39 bits per heavy atom. The fourth-order valence-electron chi connectivity index (χ4n) is 1.32. The number of hydrogen-bond acceptors (Lipinski definition) is 7. The average molecular weight is 267 g/mol. The first-order valence-electron chi connectivity index (χ1n) is 5.41. The Kier molecular flexibility index (Phi) is 4.00. The van der Waals surface area contributed by atoms with E-state index in [0.29, 0.717) is 30.4 Å². The molecular weight excluding hydrogens is 254 g/mol. The van der Waals surface area contributed by atoms with Gasteiger partial charge in [-0.05, 0) is 6.54 Å². The van der Waals surface area contributed by atoms with E-state index in [0.717, 1.165) is 5.01 Å². The number of amides is 1. The van der Waals surface area contributed by atoms with Crippen molar-refractivity contribution in [3.63, 3.8) is 0 Å². The highest BCUT2D eigenvalue weighted by atomic mass is 32.1. The number of carbonyl (C=O) groups excluding carboxylic acids is 1. The summed E-state index contributed by atoms with van der Waals surface area (Å²) in [5, 5.41) is 8.92. The predicted octanol–water partition coefficient (Wildman–Crippen LogP) is 0.266. The standard InChI is InChI=1S/C10H13N5O2S/c1-6-13-8(15-17-6)4-12-10(16)7-5-18-9(14-7)2-3-11/h5H,2-4,11H2,1H3,(H,12,16). The van der Waals surface area contributed by atoms with Crippen LogP contribution in [-0.2, 0) is 13.0 Å². The van der Waals surface area contributed by atoms with Crippen LogP contribution in [0.1, 0.15) is 27.2 Å². The number of rotatable bonds is 5. The van der Waals surface area contributed by atoms with Crippen LogP contribution in [0.4, 0.5) is 0 Å². The number of aryl methyl sites for hydroxylation is 1. The lowest BCUT2D eigenvalue weighted by atomic mass is 10.4. The summed E-state index contributed by atoms with van der Waals surface area (Å²) in [6.45, 7) is 2.44. The minimum atomic E-state index is -0.253. The van der Waals surface area contributed by atoms with Gasteiger partial charge in [0.1, 0.15) is 5.69 Å². The van der Waals surface area contributed by atoms with Gasteiger partial charge < -0.3 is 15.6 Å². The van der Waals surface area contributed by atoms with Gasteiger partial charge in [0.25, 0.3) is 5.91 Å². The Hall–Kier alpha value is -1.80. The maximum atomic E-state index is 11.8. The number of nitrogens with one attached hydrogen (secondary N) is 1. The van der Waals surface area contributed by atoms with Crippen molar-refractivity contribution >= 4 is 17.2 Å². The summed E-state index contributed by atoms with van der Waals surface area (Å²) in [5.74, 6) is 0.661. The fraction of sp³-hybridized carbons (Fsp3) is 0.400. The first kappa shape index (κ1) is 12.7. The minimum Gasteiger partial charge on any atom is -0.343 e. The van der Waals surface area contributed by atoms with Crippen molar-refractivity contribution in [3.8, 4) is 0 Å². The van der Waals surface area contributed by atoms with Crippen molar-refractivity contribution in [2.24, 2.45) is 5.73 Å². The summed E-state index contributed by atoms with van der Waals surface area (Å²) >= 11 is 1.43. The van der Waals surface area contributed by atoms with Crippen molar-refractivity contribution in [2.45, 2.75) is 19.9 Å². The van der Waals surface area contributed by atoms with Gasteiger partial charge >= 0.3 is 0 Å². The third kappa shape index (κ3) is 3.11. The van der Waals surface area contributed by atoms with Crippen molar-refractivity contribution in [1.82, 2.24) is 20.4 Å². The highest BCUT2D eigenvalue weighted by molar-refractivity contribution is 7.09. The van der Waals surface area contributed by atoms with Gasteiger partial charge in [-0.1, -0.05) is 5.16 Å². The molecule has 2 heterocycles. The molecule has 96 valence electrons. The summed E-state index contributed by atoms with van der Waals surface area (Å²) in [7, 11) is 0. The van der Waals surface area contributed by atoms with Crippen molar-refractivity contribution in [1.29, 1.82) is 0 Å². The van der Waals surface area contributed by atoms with Gasteiger partial charge in [0, 0.05) is 18.7 Å². The number of nitrogens with two attached hydrogens (primary N) is 1. The Labute approximate surface area is 107 Å². The lowest BCUT2D eigenvalue weighted by Crippen LogP contribution is -2.23. The van der Waals surface area contributed by atoms with Gasteiger partial charge in [0.05, 0.1) is 11.6 Å². The second-order valence-corrected chi connectivity index (χ2v) is 4.52. The molecule has 2 aromatic rings. The van der Waals surface area contributed by atoms with Crippen LogP contribution in [0.3, 0.4) is 0 Å². The molecule has 0 aliphatic heterocycles. The molecule has 0 radical (unpaired) electrons. The molecule has 0 bridgehead atoms. The van der Waals surface area contributed by atoms with Gasteiger partial charge in [-0.15, -0.1) is 11.3 Å². The SMILES string of the molecule is Cc1nc(CNC(=O)c2csc(CCN)n2)no1. The van der Waals surface area contributed by atoms with Crippen LogP contribution >= 0.6 is 11.3 Å². The summed E-state index contributed by atoms with van der Waals surface area (Å²) in [6, 6.07) is 0. The fourth-order valence-corrected chi connectivity index (χ4v) is 2.11. The zero-order chi connectivity index (χ0) is 13.0. The van der Waals surface area contributed by atoms with E-state index in [9.17, 15) is 4.79 Å². The second kappa shape index (κ2) is 5.69. The molecule has 0 saturated carbocycles. The average Bonchev–Trinajstić information content (AvgIpc) is 2.96. The second-order valence-electron chi connectivity index (χ2n) is 3.58. The highest BCUT2D eigenvalue weighted by Crippen LogP contribution is 2.09. The first-order chi connectivity index (χ1) is 8.69. The van der Waals surface area contributed by atoms with Crippen LogP contribution in [0.2, 0.25) is 0 Å². The van der Waals surface area contributed by atoms with Gasteiger partial charge in [-0.3, -0.25) is 4.79 Å². The van der Waals surface area contributed by atoms with E-state index in [2.05, 4.69) is 20.4 Å². The molecule has 2 rings (SSSR count). The van der Waals surface area contributed by atoms with Crippen LogP contribution in [0.25, 0.3) is 0 Å². The number of carbonyl (C=O) groups is 1. The zero-order valence-electron chi connectivity index (χ0n) is 9.84. The van der Waals surface area contributed by atoms with Crippen LogP contribution in [-0.4, -0.2) is 27.6 Å². The molecule has 3 N–H and O–H groups in total. The summed E-state index contributed by atoms with van der Waals surface area (Å²) in [5.41, 5.74) is 5.81. The Morgan fingerprint density at radius 1 is 1.56 bits per heavy atom. The van der Waals surface area contributed by atoms with E-state index in [1.165, 1.54) is 11.3 Å². The van der Waals surface area contributed by atoms with Gasteiger partial charge in [-0.25, -0.2) is 4.98 Å². The maximum absolute atomic E-state index is 11.8. The Morgan fingerprint density at radius 3 is 3.06 bits per heavy atom. The molecule has 8 heteroatoms. The van der Waals surface area contributed by atoms with E-state index in [-0.39, 0.29) is 12.5 Å². The number of hydrogen-bond donors (Lipinski definition) is 2. The number of nitrogens with zero attached hydrogens (tertiary/aromatic N) is 3. The van der Waals surface area contributed by atoms with E-state index in [1.807, 2.05) is 0 Å². The van der Waals surface area contributed by atoms with Crippen LogP contribution < -0.4 is 11.1 Å². The van der Waals surface area contributed by atoms with Crippen molar-refractivity contribution in [2.75, 3.05) is 6.54 Å². The lowest BCUT2D eigenvalue weighted by Gasteiger charge is -1.98. The quantitative estimate of drug-likeness (QED) is 0.805. The van der Waals surface area contributed by atoms with E-state index in [4.69, 9.17) is 10.3 Å².